The second-order valence-corrected chi connectivity index (χ2v) is 9.06. The molecule has 2 aliphatic rings. The predicted molar refractivity (Wildman–Crippen MR) is 111 cm³/mol. The van der Waals surface area contributed by atoms with Gasteiger partial charge in [-0.3, -0.25) is 0 Å². The molecule has 3 N–H and O–H groups in total. The number of ether oxygens (including phenoxy) is 2. The minimum Gasteiger partial charge on any atom is -0.495 e. The van der Waals surface area contributed by atoms with Crippen LogP contribution in [0.4, 0.5) is 10.5 Å². The van der Waals surface area contributed by atoms with Crippen molar-refractivity contribution in [3.05, 3.63) is 23.8 Å². The van der Waals surface area contributed by atoms with Crippen LogP contribution in [0.2, 0.25) is 0 Å². The quantitative estimate of drug-likeness (QED) is 0.765. The van der Waals surface area contributed by atoms with Crippen molar-refractivity contribution in [3.8, 4) is 5.75 Å². The molecule has 0 spiro atoms. The summed E-state index contributed by atoms with van der Waals surface area (Å²) in [5.74, 6) is 2.00. The Morgan fingerprint density at radius 3 is 2.54 bits per heavy atom. The lowest BCUT2D eigenvalue weighted by Gasteiger charge is -2.43. The van der Waals surface area contributed by atoms with E-state index >= 15 is 0 Å². The summed E-state index contributed by atoms with van der Waals surface area (Å²) in [5, 5.41) is 3.46. The number of benzene rings is 1. The van der Waals surface area contributed by atoms with Gasteiger partial charge in [0, 0.05) is 6.54 Å². The van der Waals surface area contributed by atoms with E-state index in [9.17, 15) is 4.79 Å². The van der Waals surface area contributed by atoms with E-state index in [2.05, 4.69) is 5.32 Å². The van der Waals surface area contributed by atoms with Gasteiger partial charge in [-0.1, -0.05) is 6.07 Å². The number of amides is 1. The van der Waals surface area contributed by atoms with Gasteiger partial charge in [-0.15, -0.1) is 0 Å². The highest BCUT2D eigenvalue weighted by Gasteiger charge is 2.38. The summed E-state index contributed by atoms with van der Waals surface area (Å²) < 4.78 is 11.1. The molecule has 156 valence electrons. The van der Waals surface area contributed by atoms with Crippen molar-refractivity contribution in [1.82, 2.24) is 10.2 Å². The molecule has 6 heteroatoms. The van der Waals surface area contributed by atoms with Gasteiger partial charge in [-0.25, -0.2) is 4.79 Å². The Morgan fingerprint density at radius 2 is 1.89 bits per heavy atom. The molecule has 2 fully saturated rings. The number of likely N-dealkylation sites (tertiary alicyclic amines) is 1. The highest BCUT2D eigenvalue weighted by molar-refractivity contribution is 5.69. The average Bonchev–Trinajstić information content (AvgIpc) is 2.67. The Balaban J connectivity index is 1.86. The van der Waals surface area contributed by atoms with Crippen molar-refractivity contribution in [2.45, 2.75) is 58.1 Å². The van der Waals surface area contributed by atoms with Crippen molar-refractivity contribution >= 4 is 11.8 Å². The van der Waals surface area contributed by atoms with Crippen LogP contribution in [-0.2, 0) is 4.74 Å². The molecule has 2 aliphatic heterocycles. The second kappa shape index (κ2) is 8.60. The number of hydrogen-bond acceptors (Lipinski definition) is 5. The molecule has 1 aromatic carbocycles. The lowest BCUT2D eigenvalue weighted by Crippen LogP contribution is -2.45. The van der Waals surface area contributed by atoms with Gasteiger partial charge in [0.05, 0.1) is 18.8 Å². The van der Waals surface area contributed by atoms with Crippen molar-refractivity contribution < 1.29 is 14.3 Å². The number of nitrogens with zero attached hydrogens (tertiary/aromatic N) is 1. The largest absolute Gasteiger partial charge is 0.495 e. The number of carbonyl (C=O) groups excluding carboxylic acids is 1. The molecular weight excluding hydrogens is 354 g/mol. The van der Waals surface area contributed by atoms with E-state index in [1.54, 1.807) is 7.11 Å². The van der Waals surface area contributed by atoms with Crippen LogP contribution in [0.5, 0.6) is 5.75 Å². The Labute approximate surface area is 168 Å². The van der Waals surface area contributed by atoms with E-state index in [0.717, 1.165) is 44.0 Å². The van der Waals surface area contributed by atoms with Crippen LogP contribution in [0.3, 0.4) is 0 Å². The van der Waals surface area contributed by atoms with E-state index in [0.29, 0.717) is 17.4 Å². The van der Waals surface area contributed by atoms with Crippen molar-refractivity contribution in [2.24, 2.45) is 11.8 Å². The SMILES string of the molecule is COc1cc(C2CC(C3CCNCC3)CCN2C(=O)OC(C)(C)C)ccc1N. The number of methoxy groups -OCH3 is 1. The van der Waals surface area contributed by atoms with E-state index < -0.39 is 5.60 Å². The number of piperidine rings is 2. The third-order valence-electron chi connectivity index (χ3n) is 5.96. The number of carbonyl (C=O) groups is 1. The zero-order valence-electron chi connectivity index (χ0n) is 17.7. The standard InChI is InChI=1S/C22H35N3O3/c1-22(2,3)28-21(26)25-12-9-16(15-7-10-24-11-8-15)13-19(25)17-5-6-18(23)20(14-17)27-4/h5-6,14-16,19,24H,7-13,23H2,1-4H3. The van der Waals surface area contributed by atoms with E-state index in [4.69, 9.17) is 15.2 Å². The first-order chi connectivity index (χ1) is 13.3. The van der Waals surface area contributed by atoms with Crippen LogP contribution >= 0.6 is 0 Å². The van der Waals surface area contributed by atoms with Gasteiger partial charge in [-0.05, 0) is 89.1 Å². The zero-order chi connectivity index (χ0) is 20.3. The molecule has 28 heavy (non-hydrogen) atoms. The van der Waals surface area contributed by atoms with Crippen LogP contribution in [0.1, 0.15) is 58.1 Å². The first-order valence-electron chi connectivity index (χ1n) is 10.4. The summed E-state index contributed by atoms with van der Waals surface area (Å²) in [6.07, 6.45) is 4.19. The minimum absolute atomic E-state index is 0.0158. The van der Waals surface area contributed by atoms with E-state index in [1.807, 2.05) is 43.9 Å². The number of anilines is 1. The summed E-state index contributed by atoms with van der Waals surface area (Å²) in [4.78, 5) is 14.8. The molecule has 2 unspecified atom stereocenters. The van der Waals surface area contributed by atoms with Crippen LogP contribution in [0.25, 0.3) is 0 Å². The number of hydrogen-bond donors (Lipinski definition) is 2. The summed E-state index contributed by atoms with van der Waals surface area (Å²) in [5.41, 5.74) is 7.18. The van der Waals surface area contributed by atoms with Gasteiger partial charge in [-0.2, -0.15) is 0 Å². The lowest BCUT2D eigenvalue weighted by atomic mass is 9.75. The maximum atomic E-state index is 12.9. The van der Waals surface area contributed by atoms with E-state index in [-0.39, 0.29) is 12.1 Å². The van der Waals surface area contributed by atoms with Crippen LogP contribution in [-0.4, -0.2) is 43.3 Å². The van der Waals surface area contributed by atoms with Crippen molar-refractivity contribution in [2.75, 3.05) is 32.5 Å². The summed E-state index contributed by atoms with van der Waals surface area (Å²) in [6, 6.07) is 5.85. The fourth-order valence-electron chi connectivity index (χ4n) is 4.53. The van der Waals surface area contributed by atoms with Gasteiger partial charge < -0.3 is 25.4 Å². The molecule has 0 aliphatic carbocycles. The Kier molecular flexibility index (Phi) is 6.38. The maximum Gasteiger partial charge on any atom is 0.410 e. The number of nitrogen functional groups attached to an aromatic ring is 1. The summed E-state index contributed by atoms with van der Waals surface area (Å²) in [7, 11) is 1.62. The van der Waals surface area contributed by atoms with Crippen LogP contribution in [0.15, 0.2) is 18.2 Å². The van der Waals surface area contributed by atoms with Crippen LogP contribution < -0.4 is 15.8 Å². The first kappa shape index (κ1) is 20.8. The molecule has 1 aromatic rings. The fourth-order valence-corrected chi connectivity index (χ4v) is 4.53. The van der Waals surface area contributed by atoms with Gasteiger partial charge in [0.15, 0.2) is 0 Å². The molecule has 0 radical (unpaired) electrons. The number of nitrogens with two attached hydrogens (primary N) is 1. The van der Waals surface area contributed by atoms with Crippen molar-refractivity contribution in [3.63, 3.8) is 0 Å². The predicted octanol–water partition coefficient (Wildman–Crippen LogP) is 3.97. The summed E-state index contributed by atoms with van der Waals surface area (Å²) in [6.45, 7) is 8.64. The van der Waals surface area contributed by atoms with Gasteiger partial charge in [0.1, 0.15) is 11.4 Å². The monoisotopic (exact) mass is 389 g/mol. The molecule has 0 aromatic heterocycles. The number of nitrogens with one attached hydrogen (secondary N) is 1. The third-order valence-corrected chi connectivity index (χ3v) is 5.96. The Hall–Kier alpha value is -1.95. The topological polar surface area (TPSA) is 76.8 Å². The smallest absolute Gasteiger partial charge is 0.410 e. The highest BCUT2D eigenvalue weighted by Crippen LogP contribution is 2.41. The third kappa shape index (κ3) is 4.90. The van der Waals surface area contributed by atoms with Gasteiger partial charge in [0.2, 0.25) is 0 Å². The molecule has 3 rings (SSSR count). The molecule has 2 heterocycles. The molecule has 2 saturated heterocycles. The number of rotatable bonds is 3. The van der Waals surface area contributed by atoms with E-state index in [1.165, 1.54) is 12.8 Å². The van der Waals surface area contributed by atoms with Gasteiger partial charge in [0.25, 0.3) is 0 Å². The van der Waals surface area contributed by atoms with Crippen molar-refractivity contribution in [1.29, 1.82) is 0 Å². The van der Waals surface area contributed by atoms with Gasteiger partial charge >= 0.3 is 6.09 Å². The maximum absolute atomic E-state index is 12.9. The molecule has 0 bridgehead atoms. The Morgan fingerprint density at radius 1 is 1.18 bits per heavy atom. The van der Waals surface area contributed by atoms with Crippen LogP contribution in [0, 0.1) is 11.8 Å². The molecule has 1 amide bonds. The molecule has 6 nitrogen and oxygen atoms in total. The first-order valence-corrected chi connectivity index (χ1v) is 10.4. The summed E-state index contributed by atoms with van der Waals surface area (Å²) >= 11 is 0. The lowest BCUT2D eigenvalue weighted by molar-refractivity contribution is -0.00115. The molecule has 0 saturated carbocycles. The Bertz CT molecular complexity index is 680. The molecular formula is C22H35N3O3. The highest BCUT2D eigenvalue weighted by atomic mass is 16.6. The fraction of sp³-hybridized carbons (Fsp3) is 0.682. The normalized spacial score (nSPS) is 24.1. The second-order valence-electron chi connectivity index (χ2n) is 9.06. The molecule has 2 atom stereocenters. The zero-order valence-corrected chi connectivity index (χ0v) is 17.7. The minimum atomic E-state index is -0.508. The average molecular weight is 390 g/mol.